The van der Waals surface area contributed by atoms with E-state index >= 15 is 0 Å². The zero-order valence-corrected chi connectivity index (χ0v) is 14.1. The molecule has 124 valence electrons. The number of rotatable bonds is 3. The molecule has 0 saturated heterocycles. The number of amides is 1. The van der Waals surface area contributed by atoms with Crippen LogP contribution < -0.4 is 9.64 Å². The third-order valence-corrected chi connectivity index (χ3v) is 5.13. The Balaban J connectivity index is 1.52. The van der Waals surface area contributed by atoms with Crippen molar-refractivity contribution in [3.63, 3.8) is 0 Å². The number of benzene rings is 2. The third kappa shape index (κ3) is 2.79. The minimum absolute atomic E-state index is 0.0693. The Morgan fingerprint density at radius 1 is 1.04 bits per heavy atom. The van der Waals surface area contributed by atoms with Gasteiger partial charge in [-0.05, 0) is 74.9 Å². The van der Waals surface area contributed by atoms with Gasteiger partial charge in [0.15, 0.2) is 0 Å². The first-order valence-corrected chi connectivity index (χ1v) is 8.90. The predicted octanol–water partition coefficient (Wildman–Crippen LogP) is 4.60. The average molecular weight is 321 g/mol. The summed E-state index contributed by atoms with van der Waals surface area (Å²) in [4.78, 5) is 14.9. The summed E-state index contributed by atoms with van der Waals surface area (Å²) in [6, 6.07) is 16.0. The molecule has 1 heterocycles. The Bertz CT molecular complexity index is 732. The lowest BCUT2D eigenvalue weighted by atomic mass is 10.1. The standard InChI is InChI=1S/C21H23NO2/c1-15-14-17-6-2-5-9-20(17)22(15)21(23)16-10-12-19(13-11-16)24-18-7-3-4-8-18/h2,5-6,9-13,15,18H,3-4,7-8,14H2,1H3. The van der Waals surface area contributed by atoms with Crippen molar-refractivity contribution in [3.05, 3.63) is 59.7 Å². The van der Waals surface area contributed by atoms with Crippen LogP contribution in [0, 0.1) is 0 Å². The maximum atomic E-state index is 13.0. The van der Waals surface area contributed by atoms with Gasteiger partial charge in [0.2, 0.25) is 0 Å². The molecule has 1 aliphatic heterocycles. The van der Waals surface area contributed by atoms with Crippen LogP contribution in [0.1, 0.15) is 48.5 Å². The summed E-state index contributed by atoms with van der Waals surface area (Å²) in [7, 11) is 0. The van der Waals surface area contributed by atoms with Crippen LogP contribution >= 0.6 is 0 Å². The number of ether oxygens (including phenoxy) is 1. The summed E-state index contributed by atoms with van der Waals surface area (Å²) in [5.41, 5.74) is 3.01. The number of carbonyl (C=O) groups excluding carboxylic acids is 1. The van der Waals surface area contributed by atoms with Crippen LogP contribution in [0.15, 0.2) is 48.5 Å². The zero-order valence-electron chi connectivity index (χ0n) is 14.1. The minimum atomic E-state index is 0.0693. The van der Waals surface area contributed by atoms with Crippen molar-refractivity contribution in [1.29, 1.82) is 0 Å². The quantitative estimate of drug-likeness (QED) is 0.827. The fraction of sp³-hybridized carbons (Fsp3) is 0.381. The molecule has 1 unspecified atom stereocenters. The van der Waals surface area contributed by atoms with Crippen molar-refractivity contribution in [3.8, 4) is 5.75 Å². The van der Waals surface area contributed by atoms with Gasteiger partial charge in [0.1, 0.15) is 5.75 Å². The van der Waals surface area contributed by atoms with E-state index in [4.69, 9.17) is 4.74 Å². The molecule has 3 nitrogen and oxygen atoms in total. The number of hydrogen-bond donors (Lipinski definition) is 0. The van der Waals surface area contributed by atoms with Gasteiger partial charge in [-0.15, -0.1) is 0 Å². The monoisotopic (exact) mass is 321 g/mol. The highest BCUT2D eigenvalue weighted by Gasteiger charge is 2.31. The van der Waals surface area contributed by atoms with Gasteiger partial charge in [-0.3, -0.25) is 4.79 Å². The summed E-state index contributed by atoms with van der Waals surface area (Å²) >= 11 is 0. The molecule has 1 aliphatic carbocycles. The molecular weight excluding hydrogens is 298 g/mol. The van der Waals surface area contributed by atoms with Crippen molar-refractivity contribution in [2.24, 2.45) is 0 Å². The Morgan fingerprint density at radius 3 is 2.50 bits per heavy atom. The Kier molecular flexibility index (Phi) is 4.01. The van der Waals surface area contributed by atoms with Gasteiger partial charge in [0.05, 0.1) is 6.10 Å². The second-order valence-electron chi connectivity index (χ2n) is 6.91. The number of carbonyl (C=O) groups is 1. The van der Waals surface area contributed by atoms with Gasteiger partial charge in [-0.2, -0.15) is 0 Å². The number of para-hydroxylation sites is 1. The lowest BCUT2D eigenvalue weighted by Crippen LogP contribution is -2.35. The van der Waals surface area contributed by atoms with Crippen molar-refractivity contribution < 1.29 is 9.53 Å². The predicted molar refractivity (Wildman–Crippen MR) is 95.7 cm³/mol. The van der Waals surface area contributed by atoms with E-state index in [1.54, 1.807) is 0 Å². The van der Waals surface area contributed by atoms with Gasteiger partial charge < -0.3 is 9.64 Å². The van der Waals surface area contributed by atoms with Crippen LogP contribution in [0.5, 0.6) is 5.75 Å². The average Bonchev–Trinajstić information content (AvgIpc) is 3.21. The van der Waals surface area contributed by atoms with E-state index in [2.05, 4.69) is 13.0 Å². The summed E-state index contributed by atoms with van der Waals surface area (Å²) < 4.78 is 5.99. The van der Waals surface area contributed by atoms with Crippen molar-refractivity contribution in [1.82, 2.24) is 0 Å². The van der Waals surface area contributed by atoms with Gasteiger partial charge in [0.25, 0.3) is 5.91 Å². The number of hydrogen-bond acceptors (Lipinski definition) is 2. The van der Waals surface area contributed by atoms with Crippen LogP contribution in [0.2, 0.25) is 0 Å². The summed E-state index contributed by atoms with van der Waals surface area (Å²) in [5.74, 6) is 0.938. The van der Waals surface area contributed by atoms with Gasteiger partial charge in [-0.1, -0.05) is 18.2 Å². The fourth-order valence-electron chi connectivity index (χ4n) is 3.89. The van der Waals surface area contributed by atoms with Crippen LogP contribution in [-0.2, 0) is 6.42 Å². The number of anilines is 1. The molecule has 1 amide bonds. The SMILES string of the molecule is CC1Cc2ccccc2N1C(=O)c1ccc(OC2CCCC2)cc1. The van der Waals surface area contributed by atoms with E-state index in [0.717, 1.165) is 36.3 Å². The Hall–Kier alpha value is -2.29. The maximum Gasteiger partial charge on any atom is 0.258 e. The number of fused-ring (bicyclic) bond motifs is 1. The largest absolute Gasteiger partial charge is 0.490 e. The first-order valence-electron chi connectivity index (χ1n) is 8.90. The van der Waals surface area contributed by atoms with E-state index in [9.17, 15) is 4.79 Å². The molecule has 3 heteroatoms. The van der Waals surface area contributed by atoms with Crippen molar-refractivity contribution >= 4 is 11.6 Å². The summed E-state index contributed by atoms with van der Waals surface area (Å²) in [6.45, 7) is 2.11. The molecule has 0 radical (unpaired) electrons. The molecule has 2 aromatic carbocycles. The molecule has 1 atom stereocenters. The van der Waals surface area contributed by atoms with E-state index < -0.39 is 0 Å². The molecule has 1 saturated carbocycles. The normalized spacial score (nSPS) is 20.2. The molecule has 24 heavy (non-hydrogen) atoms. The molecule has 0 N–H and O–H groups in total. The lowest BCUT2D eigenvalue weighted by Gasteiger charge is -2.23. The molecule has 0 aromatic heterocycles. The molecule has 2 aliphatic rings. The molecule has 1 fully saturated rings. The third-order valence-electron chi connectivity index (χ3n) is 5.13. The first-order chi connectivity index (χ1) is 11.7. The molecule has 0 bridgehead atoms. The molecule has 4 rings (SSSR count). The molecule has 2 aromatic rings. The highest BCUT2D eigenvalue weighted by atomic mass is 16.5. The zero-order chi connectivity index (χ0) is 16.5. The highest BCUT2D eigenvalue weighted by molar-refractivity contribution is 6.07. The minimum Gasteiger partial charge on any atom is -0.490 e. The molecular formula is C21H23NO2. The maximum absolute atomic E-state index is 13.0. The lowest BCUT2D eigenvalue weighted by molar-refractivity contribution is 0.0981. The van der Waals surface area contributed by atoms with Crippen molar-refractivity contribution in [2.45, 2.75) is 51.2 Å². The second-order valence-corrected chi connectivity index (χ2v) is 6.91. The first kappa shape index (κ1) is 15.3. The smallest absolute Gasteiger partial charge is 0.258 e. The van der Waals surface area contributed by atoms with E-state index in [1.807, 2.05) is 47.4 Å². The van der Waals surface area contributed by atoms with Gasteiger partial charge in [-0.25, -0.2) is 0 Å². The van der Waals surface area contributed by atoms with Crippen LogP contribution in [0.4, 0.5) is 5.69 Å². The van der Waals surface area contributed by atoms with Crippen LogP contribution in [0.3, 0.4) is 0 Å². The summed E-state index contributed by atoms with van der Waals surface area (Å²) in [6.07, 6.45) is 6.06. The highest BCUT2D eigenvalue weighted by Crippen LogP contribution is 2.33. The van der Waals surface area contributed by atoms with Gasteiger partial charge in [0, 0.05) is 17.3 Å². The Morgan fingerprint density at radius 2 is 1.75 bits per heavy atom. The second kappa shape index (κ2) is 6.31. The van der Waals surface area contributed by atoms with E-state index in [1.165, 1.54) is 18.4 Å². The van der Waals surface area contributed by atoms with E-state index in [-0.39, 0.29) is 11.9 Å². The van der Waals surface area contributed by atoms with E-state index in [0.29, 0.717) is 6.10 Å². The topological polar surface area (TPSA) is 29.5 Å². The number of nitrogens with zero attached hydrogens (tertiary/aromatic N) is 1. The van der Waals surface area contributed by atoms with Gasteiger partial charge >= 0.3 is 0 Å². The molecule has 0 spiro atoms. The van der Waals surface area contributed by atoms with Crippen LogP contribution in [-0.4, -0.2) is 18.1 Å². The fourth-order valence-corrected chi connectivity index (χ4v) is 3.89. The summed E-state index contributed by atoms with van der Waals surface area (Å²) in [5, 5.41) is 0. The van der Waals surface area contributed by atoms with Crippen LogP contribution in [0.25, 0.3) is 0 Å². The van der Waals surface area contributed by atoms with Crippen molar-refractivity contribution in [2.75, 3.05) is 4.90 Å². The Labute approximate surface area is 143 Å².